The maximum Gasteiger partial charge on any atom is 0.328 e. The second-order valence-corrected chi connectivity index (χ2v) is 5.68. The number of carbonyl (C=O) groups excluding carboxylic acids is 4. The number of hydrogen-bond donors (Lipinski definition) is 0. The topological polar surface area (TPSA) is 102 Å². The first-order valence-corrected chi connectivity index (χ1v) is 8.25. The first-order chi connectivity index (χ1) is 12.6. The summed E-state index contributed by atoms with van der Waals surface area (Å²) in [5, 5.41) is 0. The number of rotatable bonds is 6. The number of esters is 3. The molecule has 0 bridgehead atoms. The van der Waals surface area contributed by atoms with Crippen molar-refractivity contribution in [1.29, 1.82) is 0 Å². The molecule has 148 valence electrons. The monoisotopic (exact) mass is 380 g/mol. The lowest BCUT2D eigenvalue weighted by Crippen LogP contribution is -2.49. The van der Waals surface area contributed by atoms with Crippen molar-refractivity contribution in [1.82, 2.24) is 4.90 Å². The average Bonchev–Trinajstić information content (AvgIpc) is 2.61. The molecule has 9 nitrogen and oxygen atoms in total. The van der Waals surface area contributed by atoms with Gasteiger partial charge in [0.25, 0.3) is 0 Å². The summed E-state index contributed by atoms with van der Waals surface area (Å²) in [5.74, 6) is -1.89. The van der Waals surface area contributed by atoms with Crippen LogP contribution in [0.5, 0.6) is 11.5 Å². The van der Waals surface area contributed by atoms with Gasteiger partial charge in [-0.25, -0.2) is 9.59 Å². The van der Waals surface area contributed by atoms with E-state index in [1.807, 2.05) is 0 Å². The Labute approximate surface area is 157 Å². The van der Waals surface area contributed by atoms with Gasteiger partial charge in [0.2, 0.25) is 0 Å². The van der Waals surface area contributed by atoms with E-state index in [1.54, 1.807) is 14.0 Å². The van der Waals surface area contributed by atoms with Gasteiger partial charge in [-0.3, -0.25) is 14.5 Å². The number of amides is 2. The molecule has 1 unspecified atom stereocenters. The van der Waals surface area contributed by atoms with Crippen molar-refractivity contribution < 1.29 is 33.4 Å². The zero-order chi connectivity index (χ0) is 20.7. The van der Waals surface area contributed by atoms with Gasteiger partial charge in [-0.1, -0.05) is 0 Å². The third kappa shape index (κ3) is 5.70. The van der Waals surface area contributed by atoms with Gasteiger partial charge in [-0.15, -0.1) is 0 Å². The first kappa shape index (κ1) is 21.9. The molecule has 1 aromatic rings. The lowest BCUT2D eigenvalue weighted by molar-refractivity contribution is -0.141. The third-order valence-corrected chi connectivity index (χ3v) is 3.65. The molecular weight excluding hydrogens is 356 g/mol. The number of carbonyl (C=O) groups is 4. The largest absolute Gasteiger partial charge is 0.467 e. The van der Waals surface area contributed by atoms with Gasteiger partial charge in [0.1, 0.15) is 6.04 Å². The maximum atomic E-state index is 12.8. The van der Waals surface area contributed by atoms with E-state index in [9.17, 15) is 19.2 Å². The number of methoxy groups -OCH3 is 1. The summed E-state index contributed by atoms with van der Waals surface area (Å²) in [6.07, 6.45) is 0. The van der Waals surface area contributed by atoms with Gasteiger partial charge >= 0.3 is 23.9 Å². The molecule has 2 amide bonds. The smallest absolute Gasteiger partial charge is 0.328 e. The summed E-state index contributed by atoms with van der Waals surface area (Å²) in [6.45, 7) is 6.10. The Kier molecular flexibility index (Phi) is 7.77. The van der Waals surface area contributed by atoms with Gasteiger partial charge in [-0.05, 0) is 26.0 Å². The van der Waals surface area contributed by atoms with Gasteiger partial charge in [0.05, 0.1) is 12.8 Å². The second kappa shape index (κ2) is 9.56. The third-order valence-electron chi connectivity index (χ3n) is 3.65. The fourth-order valence-electron chi connectivity index (χ4n) is 2.22. The van der Waals surface area contributed by atoms with E-state index in [2.05, 4.69) is 0 Å². The van der Waals surface area contributed by atoms with Crippen LogP contribution in [0.4, 0.5) is 10.5 Å². The lowest BCUT2D eigenvalue weighted by atomic mass is 10.2. The fraction of sp³-hybridized carbons (Fsp3) is 0.444. The standard InChI is InChI=1S/C18H24N2O7/c1-7-19(5)18(24)20(11(2)17(23)25-6)14-8-9-15(26-12(3)21)16(10-14)27-13(4)22/h8-11H,7H2,1-6H3. The molecule has 0 fully saturated rings. The van der Waals surface area contributed by atoms with Crippen molar-refractivity contribution in [2.75, 3.05) is 25.6 Å². The molecule has 0 aliphatic heterocycles. The fourth-order valence-corrected chi connectivity index (χ4v) is 2.22. The molecule has 9 heteroatoms. The predicted octanol–water partition coefficient (Wildman–Crippen LogP) is 1.98. The van der Waals surface area contributed by atoms with Crippen LogP contribution < -0.4 is 14.4 Å². The van der Waals surface area contributed by atoms with E-state index in [-0.39, 0.29) is 17.2 Å². The minimum Gasteiger partial charge on any atom is -0.467 e. The summed E-state index contributed by atoms with van der Waals surface area (Å²) in [6, 6.07) is 2.81. The summed E-state index contributed by atoms with van der Waals surface area (Å²) < 4.78 is 14.8. The summed E-state index contributed by atoms with van der Waals surface area (Å²) in [7, 11) is 2.80. The number of hydrogen-bond acceptors (Lipinski definition) is 7. The van der Waals surface area contributed by atoms with E-state index in [0.717, 1.165) is 0 Å². The van der Waals surface area contributed by atoms with E-state index in [0.29, 0.717) is 6.54 Å². The van der Waals surface area contributed by atoms with Crippen LogP contribution in [0.2, 0.25) is 0 Å². The Bertz CT molecular complexity index is 732. The Morgan fingerprint density at radius 1 is 1.04 bits per heavy atom. The molecule has 1 aromatic carbocycles. The van der Waals surface area contributed by atoms with Crippen LogP contribution in [0, 0.1) is 0 Å². The molecule has 0 spiro atoms. The summed E-state index contributed by atoms with van der Waals surface area (Å²) in [4.78, 5) is 50.1. The zero-order valence-electron chi connectivity index (χ0n) is 16.3. The first-order valence-electron chi connectivity index (χ1n) is 8.25. The minimum atomic E-state index is -0.943. The number of nitrogens with zero attached hydrogens (tertiary/aromatic N) is 2. The van der Waals surface area contributed by atoms with E-state index in [1.165, 1.54) is 55.9 Å². The Morgan fingerprint density at radius 3 is 2.07 bits per heavy atom. The van der Waals surface area contributed by atoms with E-state index >= 15 is 0 Å². The van der Waals surface area contributed by atoms with Gasteiger partial charge in [0, 0.05) is 33.5 Å². The maximum absolute atomic E-state index is 12.8. The van der Waals surface area contributed by atoms with Crippen LogP contribution >= 0.6 is 0 Å². The van der Waals surface area contributed by atoms with E-state index < -0.39 is 30.0 Å². The SMILES string of the molecule is CCN(C)C(=O)N(c1ccc(OC(C)=O)c(OC(C)=O)c1)C(C)C(=O)OC. The Hall–Kier alpha value is -3.10. The highest BCUT2D eigenvalue weighted by atomic mass is 16.6. The van der Waals surface area contributed by atoms with Crippen LogP contribution in [0.3, 0.4) is 0 Å². The Morgan fingerprint density at radius 2 is 1.59 bits per heavy atom. The van der Waals surface area contributed by atoms with E-state index in [4.69, 9.17) is 14.2 Å². The lowest BCUT2D eigenvalue weighted by Gasteiger charge is -2.31. The van der Waals surface area contributed by atoms with Crippen LogP contribution in [-0.4, -0.2) is 55.6 Å². The summed E-state index contributed by atoms with van der Waals surface area (Å²) >= 11 is 0. The van der Waals surface area contributed by atoms with Gasteiger partial charge < -0.3 is 19.1 Å². The number of benzene rings is 1. The predicted molar refractivity (Wildman–Crippen MR) is 96.7 cm³/mol. The molecule has 0 heterocycles. The molecule has 0 aromatic heterocycles. The number of urea groups is 1. The highest BCUT2D eigenvalue weighted by Gasteiger charge is 2.31. The van der Waals surface area contributed by atoms with Gasteiger partial charge in [0.15, 0.2) is 11.5 Å². The average molecular weight is 380 g/mol. The molecule has 1 atom stereocenters. The molecule has 0 radical (unpaired) electrons. The Balaban J connectivity index is 3.47. The van der Waals surface area contributed by atoms with Crippen LogP contribution in [0.1, 0.15) is 27.7 Å². The van der Waals surface area contributed by atoms with Crippen molar-refractivity contribution in [3.8, 4) is 11.5 Å². The molecular formula is C18H24N2O7. The molecule has 0 saturated heterocycles. The molecule has 0 aliphatic carbocycles. The zero-order valence-corrected chi connectivity index (χ0v) is 16.3. The van der Waals surface area contributed by atoms with Crippen molar-refractivity contribution >= 4 is 29.6 Å². The molecule has 0 saturated carbocycles. The molecule has 0 N–H and O–H groups in total. The second-order valence-electron chi connectivity index (χ2n) is 5.68. The molecule has 0 aliphatic rings. The highest BCUT2D eigenvalue weighted by Crippen LogP contribution is 2.33. The highest BCUT2D eigenvalue weighted by molar-refractivity contribution is 5.98. The molecule has 1 rings (SSSR count). The van der Waals surface area contributed by atoms with Crippen molar-refractivity contribution in [2.45, 2.75) is 33.7 Å². The van der Waals surface area contributed by atoms with Crippen LogP contribution in [0.15, 0.2) is 18.2 Å². The van der Waals surface area contributed by atoms with Crippen molar-refractivity contribution in [3.05, 3.63) is 18.2 Å². The van der Waals surface area contributed by atoms with Gasteiger partial charge in [-0.2, -0.15) is 0 Å². The number of ether oxygens (including phenoxy) is 3. The van der Waals surface area contributed by atoms with Crippen LogP contribution in [-0.2, 0) is 19.1 Å². The van der Waals surface area contributed by atoms with Crippen LogP contribution in [0.25, 0.3) is 0 Å². The summed E-state index contributed by atoms with van der Waals surface area (Å²) in [5.41, 5.74) is 0.269. The number of anilines is 1. The minimum absolute atomic E-state index is 0.0171. The molecule has 27 heavy (non-hydrogen) atoms. The normalized spacial score (nSPS) is 11.2. The quantitative estimate of drug-likeness (QED) is 0.549. The van der Waals surface area contributed by atoms with Crippen molar-refractivity contribution in [2.24, 2.45) is 0 Å². The van der Waals surface area contributed by atoms with Crippen molar-refractivity contribution in [3.63, 3.8) is 0 Å².